The van der Waals surface area contributed by atoms with Crippen LogP contribution in [0.5, 0.6) is 0 Å². The molecule has 0 aliphatic carbocycles. The number of hydrogen-bond acceptors (Lipinski definition) is 4. The zero-order chi connectivity index (χ0) is 21.7. The number of nitrogens with zero attached hydrogens (tertiary/aromatic N) is 1. The second kappa shape index (κ2) is 9.26. The molecule has 0 saturated heterocycles. The first-order chi connectivity index (χ1) is 14.4. The van der Waals surface area contributed by atoms with E-state index in [4.69, 9.17) is 4.74 Å². The van der Waals surface area contributed by atoms with Gasteiger partial charge in [-0.25, -0.2) is 9.59 Å². The molecule has 156 valence electrons. The number of carboxylic acid groups (broad SMARTS) is 1. The number of carbonyl (C=O) groups is 3. The molecule has 0 aromatic heterocycles. The quantitative estimate of drug-likeness (QED) is 0.684. The average molecular weight is 408 g/mol. The number of urea groups is 1. The normalized spacial score (nSPS) is 17.3. The summed E-state index contributed by atoms with van der Waals surface area (Å²) in [7, 11) is 0. The maximum Gasteiger partial charge on any atom is 0.338 e. The first kappa shape index (κ1) is 21.1. The Morgan fingerprint density at radius 1 is 1.10 bits per heavy atom. The first-order valence-electron chi connectivity index (χ1n) is 9.72. The summed E-state index contributed by atoms with van der Waals surface area (Å²) in [6, 6.07) is 16.7. The number of benzene rings is 2. The molecule has 2 aromatic carbocycles. The van der Waals surface area contributed by atoms with Crippen LogP contribution in [0.25, 0.3) is 0 Å². The predicted octanol–water partition coefficient (Wildman–Crippen LogP) is 3.46. The Morgan fingerprint density at radius 3 is 2.27 bits per heavy atom. The second-order valence-electron chi connectivity index (χ2n) is 6.92. The van der Waals surface area contributed by atoms with E-state index in [9.17, 15) is 19.5 Å². The van der Waals surface area contributed by atoms with Crippen molar-refractivity contribution < 1.29 is 24.2 Å². The summed E-state index contributed by atoms with van der Waals surface area (Å²) in [5.41, 5.74) is 1.99. The number of nitrogens with one attached hydrogen (secondary N) is 1. The summed E-state index contributed by atoms with van der Waals surface area (Å²) in [5, 5.41) is 12.6. The molecule has 0 bridgehead atoms. The van der Waals surface area contributed by atoms with Crippen LogP contribution in [0.3, 0.4) is 0 Å². The van der Waals surface area contributed by atoms with Gasteiger partial charge in [-0.05, 0) is 25.0 Å². The van der Waals surface area contributed by atoms with Crippen LogP contribution in [0.15, 0.2) is 71.9 Å². The highest BCUT2D eigenvalue weighted by molar-refractivity contribution is 5.95. The largest absolute Gasteiger partial charge is 0.481 e. The molecule has 0 fully saturated rings. The Balaban J connectivity index is 2.02. The fourth-order valence-electron chi connectivity index (χ4n) is 3.56. The highest BCUT2D eigenvalue weighted by Gasteiger charge is 2.38. The van der Waals surface area contributed by atoms with Gasteiger partial charge in [0.1, 0.15) is 0 Å². The van der Waals surface area contributed by atoms with Gasteiger partial charge in [-0.15, -0.1) is 0 Å². The number of esters is 1. The topological polar surface area (TPSA) is 95.9 Å². The highest BCUT2D eigenvalue weighted by atomic mass is 16.5. The molecular formula is C23H24N2O5. The lowest BCUT2D eigenvalue weighted by Gasteiger charge is -2.36. The lowest BCUT2D eigenvalue weighted by Crippen LogP contribution is -2.49. The van der Waals surface area contributed by atoms with Gasteiger partial charge >= 0.3 is 18.0 Å². The fourth-order valence-corrected chi connectivity index (χ4v) is 3.56. The van der Waals surface area contributed by atoms with E-state index >= 15 is 0 Å². The summed E-state index contributed by atoms with van der Waals surface area (Å²) in [6.45, 7) is 3.43. The van der Waals surface area contributed by atoms with E-state index in [1.165, 1.54) is 4.90 Å². The zero-order valence-electron chi connectivity index (χ0n) is 16.9. The van der Waals surface area contributed by atoms with Gasteiger partial charge in [0.2, 0.25) is 0 Å². The molecule has 2 atom stereocenters. The smallest absolute Gasteiger partial charge is 0.338 e. The fraction of sp³-hybridized carbons (Fsp3) is 0.261. The molecule has 7 nitrogen and oxygen atoms in total. The Morgan fingerprint density at radius 2 is 1.70 bits per heavy atom. The molecule has 1 heterocycles. The maximum absolute atomic E-state index is 12.9. The van der Waals surface area contributed by atoms with E-state index in [1.807, 2.05) is 30.3 Å². The van der Waals surface area contributed by atoms with Crippen molar-refractivity contribution in [1.82, 2.24) is 10.2 Å². The Bertz CT molecular complexity index is 956. The van der Waals surface area contributed by atoms with E-state index in [1.54, 1.807) is 44.2 Å². The van der Waals surface area contributed by atoms with Crippen LogP contribution >= 0.6 is 0 Å². The van der Waals surface area contributed by atoms with Gasteiger partial charge in [0, 0.05) is 12.2 Å². The minimum atomic E-state index is -1.05. The molecule has 0 saturated carbocycles. The number of allylic oxidation sites excluding steroid dienone is 1. The van der Waals surface area contributed by atoms with Crippen molar-refractivity contribution in [2.45, 2.75) is 25.8 Å². The summed E-state index contributed by atoms with van der Waals surface area (Å²) in [5.74, 6) is -2.53. The molecule has 2 aromatic rings. The van der Waals surface area contributed by atoms with Crippen molar-refractivity contribution in [1.29, 1.82) is 0 Å². The van der Waals surface area contributed by atoms with Crippen LogP contribution in [-0.4, -0.2) is 41.1 Å². The van der Waals surface area contributed by atoms with Crippen LogP contribution in [0, 0.1) is 0 Å². The Labute approximate surface area is 175 Å². The number of ether oxygens (including phenoxy) is 1. The van der Waals surface area contributed by atoms with Crippen LogP contribution in [0.4, 0.5) is 4.79 Å². The average Bonchev–Trinajstić information content (AvgIpc) is 2.74. The third-order valence-corrected chi connectivity index (χ3v) is 5.09. The minimum Gasteiger partial charge on any atom is -0.481 e. The van der Waals surface area contributed by atoms with Crippen LogP contribution in [0.1, 0.15) is 36.9 Å². The SMILES string of the molecule is CCOC(=O)C1=C(C)N(CC(C(=O)O)c2ccccc2)C(=O)NC1c1ccccc1. The third kappa shape index (κ3) is 4.35. The van der Waals surface area contributed by atoms with E-state index in [0.717, 1.165) is 5.56 Å². The Hall–Kier alpha value is -3.61. The van der Waals surface area contributed by atoms with Gasteiger partial charge in [0.25, 0.3) is 0 Å². The predicted molar refractivity (Wildman–Crippen MR) is 111 cm³/mol. The zero-order valence-corrected chi connectivity index (χ0v) is 16.9. The number of carbonyl (C=O) groups excluding carboxylic acids is 2. The molecular weight excluding hydrogens is 384 g/mol. The van der Waals surface area contributed by atoms with Crippen LogP contribution < -0.4 is 5.32 Å². The molecule has 1 aliphatic heterocycles. The van der Waals surface area contributed by atoms with Gasteiger partial charge in [-0.2, -0.15) is 0 Å². The molecule has 3 rings (SSSR count). The number of carboxylic acids is 1. The first-order valence-corrected chi connectivity index (χ1v) is 9.72. The van der Waals surface area contributed by atoms with Crippen molar-refractivity contribution in [3.05, 3.63) is 83.1 Å². The molecule has 7 heteroatoms. The lowest BCUT2D eigenvalue weighted by atomic mass is 9.93. The number of aliphatic carboxylic acids is 1. The van der Waals surface area contributed by atoms with Crippen molar-refractivity contribution in [3.8, 4) is 0 Å². The number of amides is 2. The van der Waals surface area contributed by atoms with E-state index in [0.29, 0.717) is 16.8 Å². The molecule has 0 spiro atoms. The molecule has 2 N–H and O–H groups in total. The molecule has 1 aliphatic rings. The van der Waals surface area contributed by atoms with E-state index in [-0.39, 0.29) is 13.2 Å². The van der Waals surface area contributed by atoms with Crippen LogP contribution in [-0.2, 0) is 14.3 Å². The number of rotatable bonds is 7. The third-order valence-electron chi connectivity index (χ3n) is 5.09. The van der Waals surface area contributed by atoms with Gasteiger partial charge in [0.05, 0.1) is 24.1 Å². The standard InChI is InChI=1S/C23H24N2O5/c1-3-30-22(28)19-15(2)25(14-18(21(26)27)16-10-6-4-7-11-16)23(29)24-20(19)17-12-8-5-9-13-17/h4-13,18,20H,3,14H2,1-2H3,(H,24,29)(H,26,27). The van der Waals surface area contributed by atoms with Crippen molar-refractivity contribution in [3.63, 3.8) is 0 Å². The summed E-state index contributed by atoms with van der Waals surface area (Å²) < 4.78 is 5.23. The summed E-state index contributed by atoms with van der Waals surface area (Å²) in [6.07, 6.45) is 0. The van der Waals surface area contributed by atoms with E-state index in [2.05, 4.69) is 5.32 Å². The van der Waals surface area contributed by atoms with Gasteiger partial charge in [-0.1, -0.05) is 60.7 Å². The van der Waals surface area contributed by atoms with Crippen molar-refractivity contribution in [2.24, 2.45) is 0 Å². The molecule has 0 radical (unpaired) electrons. The van der Waals surface area contributed by atoms with Gasteiger partial charge in [0.15, 0.2) is 0 Å². The minimum absolute atomic E-state index is 0.110. The highest BCUT2D eigenvalue weighted by Crippen LogP contribution is 2.32. The Kier molecular flexibility index (Phi) is 6.51. The summed E-state index contributed by atoms with van der Waals surface area (Å²) >= 11 is 0. The maximum atomic E-state index is 12.9. The summed E-state index contributed by atoms with van der Waals surface area (Å²) in [4.78, 5) is 38.9. The second-order valence-corrected chi connectivity index (χ2v) is 6.92. The number of hydrogen-bond donors (Lipinski definition) is 2. The molecule has 2 unspecified atom stereocenters. The van der Waals surface area contributed by atoms with Crippen molar-refractivity contribution >= 4 is 18.0 Å². The van der Waals surface area contributed by atoms with Crippen molar-refractivity contribution in [2.75, 3.05) is 13.2 Å². The molecule has 30 heavy (non-hydrogen) atoms. The molecule has 2 amide bonds. The van der Waals surface area contributed by atoms with Gasteiger partial charge in [-0.3, -0.25) is 9.69 Å². The lowest BCUT2D eigenvalue weighted by molar-refractivity contribution is -0.139. The van der Waals surface area contributed by atoms with E-state index < -0.39 is 29.9 Å². The van der Waals surface area contributed by atoms with Crippen LogP contribution in [0.2, 0.25) is 0 Å². The van der Waals surface area contributed by atoms with Gasteiger partial charge < -0.3 is 15.2 Å². The monoisotopic (exact) mass is 408 g/mol.